The molecule has 5 aromatic rings. The molecule has 2 N–H and O–H groups in total. The molecule has 1 unspecified atom stereocenters. The molecular weight excluding hydrogens is 568 g/mol. The molecule has 3 heterocycles. The Morgan fingerprint density at radius 3 is 2.77 bits per heavy atom. The van der Waals surface area contributed by atoms with Crippen LogP contribution in [0.25, 0.3) is 22.3 Å². The maximum absolute atomic E-state index is 15.0. The molecule has 8 nitrogen and oxygen atoms in total. The van der Waals surface area contributed by atoms with Gasteiger partial charge in [-0.1, -0.05) is 18.2 Å². The number of rotatable bonds is 8. The summed E-state index contributed by atoms with van der Waals surface area (Å²) in [4.78, 5) is 19.6. The summed E-state index contributed by atoms with van der Waals surface area (Å²) in [6.07, 6.45) is 3.92. The molecule has 43 heavy (non-hydrogen) atoms. The van der Waals surface area contributed by atoms with Crippen molar-refractivity contribution in [3.05, 3.63) is 88.9 Å². The molecule has 0 bridgehead atoms. The average Bonchev–Trinajstić information content (AvgIpc) is 3.70. The lowest BCUT2D eigenvalue weighted by Crippen LogP contribution is -2.32. The fraction of sp³-hybridized carbons (Fsp3) is 0.258. The number of aryl methyl sites for hydroxylation is 1. The number of nitrogens with zero attached hydrogens (tertiary/aromatic N) is 2. The van der Waals surface area contributed by atoms with E-state index in [0.717, 1.165) is 23.4 Å². The number of para-hydroxylation sites is 1. The van der Waals surface area contributed by atoms with Gasteiger partial charge < -0.3 is 19.2 Å². The predicted molar refractivity (Wildman–Crippen MR) is 148 cm³/mol. The van der Waals surface area contributed by atoms with Gasteiger partial charge in [0.1, 0.15) is 28.7 Å². The number of esters is 1. The SMILES string of the molecule is CCOC(=O)CCc1cccc2c1OCCC2(C)c1c[nH]c(-c2cc(Oc3c(F)c(F)c4[nH]ncc4c3F)ccc2F)n1. The smallest absolute Gasteiger partial charge is 0.306 e. The molecule has 12 heteroatoms. The van der Waals surface area contributed by atoms with Gasteiger partial charge in [-0.2, -0.15) is 9.49 Å². The number of H-pyrrole nitrogens is 2. The summed E-state index contributed by atoms with van der Waals surface area (Å²) >= 11 is 0. The second-order valence-corrected chi connectivity index (χ2v) is 10.3. The number of hydrogen-bond donors (Lipinski definition) is 2. The standard InChI is InChI=1S/C31H26F4N4O4/c1-3-41-23(40)10-7-16-5-4-6-20-28(16)42-12-11-31(20,2)22-15-36-30(38-22)18-13-17(8-9-21(18)32)43-29-24(33)19-14-37-39-27(19)25(34)26(29)35/h4-6,8-9,13-15H,3,7,10-12H2,1-2H3,(H,36,38)(H,37,39). The number of ether oxygens (including phenoxy) is 3. The number of fused-ring (bicyclic) bond motifs is 2. The van der Waals surface area contributed by atoms with E-state index in [1.807, 2.05) is 25.1 Å². The molecule has 222 valence electrons. The fourth-order valence-electron chi connectivity index (χ4n) is 5.36. The average molecular weight is 595 g/mol. The van der Waals surface area contributed by atoms with E-state index in [1.54, 1.807) is 13.1 Å². The van der Waals surface area contributed by atoms with Gasteiger partial charge in [0.15, 0.2) is 11.6 Å². The van der Waals surface area contributed by atoms with Crippen molar-refractivity contribution in [2.24, 2.45) is 0 Å². The lowest BCUT2D eigenvalue weighted by molar-refractivity contribution is -0.143. The molecule has 2 aromatic heterocycles. The first kappa shape index (κ1) is 28.3. The Morgan fingerprint density at radius 1 is 1.12 bits per heavy atom. The van der Waals surface area contributed by atoms with Gasteiger partial charge in [-0.05, 0) is 50.5 Å². The number of halogens is 4. The molecular formula is C31H26F4N4O4. The van der Waals surface area contributed by atoms with Crippen LogP contribution >= 0.6 is 0 Å². The Balaban J connectivity index is 1.31. The molecule has 0 fully saturated rings. The van der Waals surface area contributed by atoms with Crippen molar-refractivity contribution >= 4 is 16.9 Å². The Morgan fingerprint density at radius 2 is 1.95 bits per heavy atom. The van der Waals surface area contributed by atoms with E-state index < -0.39 is 40.0 Å². The first-order chi connectivity index (χ1) is 20.7. The van der Waals surface area contributed by atoms with Crippen molar-refractivity contribution in [1.29, 1.82) is 0 Å². The fourth-order valence-corrected chi connectivity index (χ4v) is 5.36. The van der Waals surface area contributed by atoms with Crippen molar-refractivity contribution in [3.63, 3.8) is 0 Å². The highest BCUT2D eigenvalue weighted by Crippen LogP contribution is 2.45. The van der Waals surface area contributed by atoms with E-state index in [-0.39, 0.29) is 34.9 Å². The molecule has 0 saturated heterocycles. The van der Waals surface area contributed by atoms with Crippen LogP contribution in [0.3, 0.4) is 0 Å². The number of imidazole rings is 1. The Kier molecular flexibility index (Phi) is 7.28. The highest BCUT2D eigenvalue weighted by molar-refractivity contribution is 5.81. The van der Waals surface area contributed by atoms with Crippen LogP contribution < -0.4 is 9.47 Å². The van der Waals surface area contributed by atoms with Crippen LogP contribution in [0.5, 0.6) is 17.2 Å². The number of carbonyl (C=O) groups excluding carboxylic acids is 1. The molecule has 0 aliphatic carbocycles. The second kappa shape index (κ2) is 11.1. The highest BCUT2D eigenvalue weighted by Gasteiger charge is 2.38. The largest absolute Gasteiger partial charge is 0.493 e. The van der Waals surface area contributed by atoms with Crippen molar-refractivity contribution in [2.75, 3.05) is 13.2 Å². The van der Waals surface area contributed by atoms with Gasteiger partial charge in [0.2, 0.25) is 11.6 Å². The first-order valence-electron chi connectivity index (χ1n) is 13.6. The second-order valence-electron chi connectivity index (χ2n) is 10.3. The van der Waals surface area contributed by atoms with Gasteiger partial charge in [0.25, 0.3) is 0 Å². The van der Waals surface area contributed by atoms with Crippen molar-refractivity contribution in [1.82, 2.24) is 20.2 Å². The van der Waals surface area contributed by atoms with E-state index in [0.29, 0.717) is 37.5 Å². The van der Waals surface area contributed by atoms with Gasteiger partial charge in [0, 0.05) is 23.6 Å². The molecule has 1 atom stereocenters. The van der Waals surface area contributed by atoms with E-state index >= 15 is 4.39 Å². The molecule has 3 aromatic carbocycles. The van der Waals surface area contributed by atoms with Crippen LogP contribution in [-0.4, -0.2) is 39.3 Å². The summed E-state index contributed by atoms with van der Waals surface area (Å²) in [5, 5.41) is 5.47. The van der Waals surface area contributed by atoms with Crippen LogP contribution in [0.2, 0.25) is 0 Å². The maximum atomic E-state index is 15.0. The van der Waals surface area contributed by atoms with E-state index in [4.69, 9.17) is 19.2 Å². The molecule has 6 rings (SSSR count). The van der Waals surface area contributed by atoms with Crippen LogP contribution in [0.1, 0.15) is 43.5 Å². The Labute approximate surface area is 243 Å². The summed E-state index contributed by atoms with van der Waals surface area (Å²) < 4.78 is 75.6. The maximum Gasteiger partial charge on any atom is 0.306 e. The van der Waals surface area contributed by atoms with Crippen molar-refractivity contribution in [3.8, 4) is 28.6 Å². The number of benzene rings is 3. The molecule has 1 aliphatic heterocycles. The van der Waals surface area contributed by atoms with E-state index in [9.17, 15) is 18.0 Å². The number of carbonyl (C=O) groups is 1. The zero-order chi connectivity index (χ0) is 30.3. The quantitative estimate of drug-likeness (QED) is 0.115. The van der Waals surface area contributed by atoms with Gasteiger partial charge in [-0.15, -0.1) is 0 Å². The van der Waals surface area contributed by atoms with Crippen molar-refractivity contribution in [2.45, 2.75) is 38.5 Å². The summed E-state index contributed by atoms with van der Waals surface area (Å²) in [5.74, 6) is -5.28. The lowest BCUT2D eigenvalue weighted by Gasteiger charge is -2.35. The van der Waals surface area contributed by atoms with E-state index in [1.165, 1.54) is 12.1 Å². The summed E-state index contributed by atoms with van der Waals surface area (Å²) in [6.45, 7) is 4.47. The normalized spacial score (nSPS) is 16.1. The third-order valence-electron chi connectivity index (χ3n) is 7.69. The third kappa shape index (κ3) is 4.96. The van der Waals surface area contributed by atoms with Gasteiger partial charge in [0.05, 0.1) is 36.1 Å². The van der Waals surface area contributed by atoms with Crippen LogP contribution in [0.4, 0.5) is 17.6 Å². The minimum absolute atomic E-state index is 0.0199. The Hall–Kier alpha value is -4.87. The number of hydrogen-bond acceptors (Lipinski definition) is 6. The molecule has 0 radical (unpaired) electrons. The highest BCUT2D eigenvalue weighted by atomic mass is 19.2. The minimum Gasteiger partial charge on any atom is -0.493 e. The van der Waals surface area contributed by atoms with Crippen LogP contribution in [0.15, 0.2) is 48.8 Å². The Bertz CT molecular complexity index is 1850. The first-order valence-corrected chi connectivity index (χ1v) is 13.6. The molecule has 0 saturated carbocycles. The zero-order valence-electron chi connectivity index (χ0n) is 23.2. The van der Waals surface area contributed by atoms with Crippen LogP contribution in [0, 0.1) is 23.3 Å². The van der Waals surface area contributed by atoms with Gasteiger partial charge in [-0.3, -0.25) is 9.89 Å². The number of aromatic nitrogens is 4. The predicted octanol–water partition coefficient (Wildman–Crippen LogP) is 6.89. The lowest BCUT2D eigenvalue weighted by atomic mass is 9.74. The monoisotopic (exact) mass is 594 g/mol. The molecule has 1 aliphatic rings. The summed E-state index contributed by atoms with van der Waals surface area (Å²) in [5.41, 5.74) is 1.29. The van der Waals surface area contributed by atoms with Crippen LogP contribution in [-0.2, 0) is 21.4 Å². The number of aromatic amines is 2. The van der Waals surface area contributed by atoms with Crippen molar-refractivity contribution < 1.29 is 36.6 Å². The zero-order valence-corrected chi connectivity index (χ0v) is 23.2. The molecule has 0 spiro atoms. The van der Waals surface area contributed by atoms with Gasteiger partial charge >= 0.3 is 5.97 Å². The minimum atomic E-state index is -1.55. The third-order valence-corrected chi connectivity index (χ3v) is 7.69. The van der Waals surface area contributed by atoms with E-state index in [2.05, 4.69) is 15.2 Å². The summed E-state index contributed by atoms with van der Waals surface area (Å²) in [6, 6.07) is 9.20. The number of nitrogens with one attached hydrogen (secondary N) is 2. The topological polar surface area (TPSA) is 102 Å². The molecule has 0 amide bonds. The summed E-state index contributed by atoms with van der Waals surface area (Å²) in [7, 11) is 0. The van der Waals surface area contributed by atoms with Gasteiger partial charge in [-0.25, -0.2) is 18.2 Å².